The number of ketones is 1. The third-order valence-electron chi connectivity index (χ3n) is 5.18. The molecule has 1 fully saturated rings. The van der Waals surface area contributed by atoms with Crippen LogP contribution in [0, 0.1) is 6.92 Å². The van der Waals surface area contributed by atoms with Crippen LogP contribution >= 0.6 is 18.6 Å². The van der Waals surface area contributed by atoms with Crippen molar-refractivity contribution in [2.24, 2.45) is 0 Å². The molecule has 1 saturated heterocycles. The van der Waals surface area contributed by atoms with Crippen LogP contribution in [0.2, 0.25) is 0 Å². The molecule has 0 aliphatic carbocycles. The molecule has 1 aliphatic heterocycles. The van der Waals surface area contributed by atoms with Crippen LogP contribution in [0.25, 0.3) is 0 Å². The van der Waals surface area contributed by atoms with Gasteiger partial charge in [0.1, 0.15) is 12.3 Å². The average Bonchev–Trinajstić information content (AvgIpc) is 2.84. The van der Waals surface area contributed by atoms with Crippen LogP contribution in [0.5, 0.6) is 0 Å². The molecule has 2 N–H and O–H groups in total. The summed E-state index contributed by atoms with van der Waals surface area (Å²) in [6.07, 6.45) is 11.3. The van der Waals surface area contributed by atoms with Gasteiger partial charge in [-0.05, 0) is 50.5 Å². The van der Waals surface area contributed by atoms with Crippen molar-refractivity contribution in [2.75, 3.05) is 36.5 Å². The molecule has 0 radical (unpaired) electrons. The number of carbonyl (C=O) groups is 3. The summed E-state index contributed by atoms with van der Waals surface area (Å²) in [6, 6.07) is 0. The first-order valence-corrected chi connectivity index (χ1v) is 13.4. The van der Waals surface area contributed by atoms with Gasteiger partial charge in [-0.25, -0.2) is 0 Å². The van der Waals surface area contributed by atoms with Crippen LogP contribution in [0.15, 0.2) is 17.5 Å². The van der Waals surface area contributed by atoms with E-state index >= 15 is 0 Å². The van der Waals surface area contributed by atoms with Crippen LogP contribution in [0.1, 0.15) is 54.8 Å². The number of hydrogen-bond donors (Lipinski definition) is 2. The fourth-order valence-electron chi connectivity index (χ4n) is 3.73. The lowest BCUT2D eigenvalue weighted by Crippen LogP contribution is -2.32. The summed E-state index contributed by atoms with van der Waals surface area (Å²) in [7, 11) is -1.70. The summed E-state index contributed by atoms with van der Waals surface area (Å²) in [6.45, 7) is 5.90. The highest BCUT2D eigenvalue weighted by Gasteiger charge is 2.42. The first kappa shape index (κ1) is 22.8. The van der Waals surface area contributed by atoms with Crippen LogP contribution in [-0.4, -0.2) is 48.8 Å². The van der Waals surface area contributed by atoms with Crippen molar-refractivity contribution in [1.29, 1.82) is 0 Å². The van der Waals surface area contributed by atoms with E-state index in [4.69, 9.17) is 0 Å². The molecule has 5 nitrogen and oxygen atoms in total. The van der Waals surface area contributed by atoms with E-state index in [0.717, 1.165) is 30.7 Å². The average molecular weight is 424 g/mol. The highest BCUT2D eigenvalue weighted by molar-refractivity contribution is 7.77. The number of nitrogens with one attached hydrogen (secondary N) is 2. The standard InChI is InChI=1S/C21H31N2O3PS/c1-4-5-10-22-18(25)13-27(11-8-6-7-9-12-27)14-19(26)23-20-16(2)15-28-21(20)17(3)24/h4-5,15H,6-14H2,1-3H3,(H-,22,23,24,25,26)/p+1/b5-4-. The third-order valence-corrected chi connectivity index (χ3v) is 10.8. The van der Waals surface area contributed by atoms with E-state index in [0.29, 0.717) is 29.4 Å². The summed E-state index contributed by atoms with van der Waals surface area (Å²) in [5.41, 5.74) is 1.56. The Morgan fingerprint density at radius 1 is 1.11 bits per heavy atom. The maximum absolute atomic E-state index is 12.9. The number of anilines is 1. The number of carbonyl (C=O) groups excluding carboxylic acids is 3. The quantitative estimate of drug-likeness (QED) is 0.368. The lowest BCUT2D eigenvalue weighted by molar-refractivity contribution is -0.118. The molecule has 1 aliphatic rings. The zero-order valence-electron chi connectivity index (χ0n) is 17.2. The molecule has 1 aromatic heterocycles. The minimum Gasteiger partial charge on any atom is -0.349 e. The molecule has 2 amide bonds. The molecule has 0 saturated carbocycles. The van der Waals surface area contributed by atoms with Gasteiger partial charge in [0, 0.05) is 20.7 Å². The first-order chi connectivity index (χ1) is 13.4. The number of Topliss-reactive ketones (excluding diaryl/α,β-unsaturated/α-hetero) is 1. The van der Waals surface area contributed by atoms with Gasteiger partial charge in [-0.1, -0.05) is 12.2 Å². The lowest BCUT2D eigenvalue weighted by Gasteiger charge is -2.25. The van der Waals surface area contributed by atoms with Gasteiger partial charge in [0.2, 0.25) is 0 Å². The molecular weight excluding hydrogens is 391 g/mol. The zero-order valence-corrected chi connectivity index (χ0v) is 18.9. The SMILES string of the molecule is C/C=C\CNC(=O)C[P+]1(CC(=O)Nc2c(C)csc2C(C)=O)CCCCCC1. The Bertz CT molecular complexity index is 734. The number of allylic oxidation sites excluding steroid dienone is 1. The van der Waals surface area contributed by atoms with E-state index in [9.17, 15) is 14.4 Å². The number of hydrogen-bond acceptors (Lipinski definition) is 4. The lowest BCUT2D eigenvalue weighted by atomic mass is 10.2. The molecule has 0 unspecified atom stereocenters. The van der Waals surface area contributed by atoms with Gasteiger partial charge in [-0.3, -0.25) is 14.4 Å². The number of amides is 2. The smallest absolute Gasteiger partial charge is 0.261 e. The Hall–Kier alpha value is -1.52. The highest BCUT2D eigenvalue weighted by Crippen LogP contribution is 2.61. The van der Waals surface area contributed by atoms with Crippen molar-refractivity contribution < 1.29 is 14.4 Å². The molecule has 2 rings (SSSR count). The number of thiophene rings is 1. The molecule has 0 bridgehead atoms. The molecule has 1 aromatic rings. The monoisotopic (exact) mass is 423 g/mol. The molecule has 0 spiro atoms. The molecule has 7 heteroatoms. The Labute approximate surface area is 172 Å². The van der Waals surface area contributed by atoms with Gasteiger partial charge < -0.3 is 10.6 Å². The van der Waals surface area contributed by atoms with Crippen LogP contribution in [0.3, 0.4) is 0 Å². The Kier molecular flexibility index (Phi) is 8.84. The summed E-state index contributed by atoms with van der Waals surface area (Å²) < 4.78 is 0. The predicted molar refractivity (Wildman–Crippen MR) is 120 cm³/mol. The maximum atomic E-state index is 12.9. The fraction of sp³-hybridized carbons (Fsp3) is 0.571. The van der Waals surface area contributed by atoms with Crippen molar-refractivity contribution in [3.63, 3.8) is 0 Å². The van der Waals surface area contributed by atoms with Crippen LogP contribution in [-0.2, 0) is 9.59 Å². The van der Waals surface area contributed by atoms with Gasteiger partial charge >= 0.3 is 0 Å². The second kappa shape index (κ2) is 10.9. The fourth-order valence-corrected chi connectivity index (χ4v) is 8.80. The van der Waals surface area contributed by atoms with E-state index in [1.807, 2.05) is 31.4 Å². The van der Waals surface area contributed by atoms with Crippen LogP contribution in [0.4, 0.5) is 5.69 Å². The zero-order chi connectivity index (χ0) is 20.6. The van der Waals surface area contributed by atoms with E-state index in [-0.39, 0.29) is 17.6 Å². The second-order valence-corrected chi connectivity index (χ2v) is 12.7. The number of aryl methyl sites for hydroxylation is 1. The number of rotatable bonds is 8. The molecule has 0 atom stereocenters. The van der Waals surface area contributed by atoms with Crippen molar-refractivity contribution >= 4 is 41.9 Å². The third kappa shape index (κ3) is 6.52. The van der Waals surface area contributed by atoms with E-state index in [1.54, 1.807) is 0 Å². The summed E-state index contributed by atoms with van der Waals surface area (Å²) >= 11 is 1.37. The highest BCUT2D eigenvalue weighted by atomic mass is 32.1. The Balaban J connectivity index is 2.11. The molecule has 28 heavy (non-hydrogen) atoms. The molecule has 154 valence electrons. The first-order valence-electron chi connectivity index (χ1n) is 9.99. The summed E-state index contributed by atoms with van der Waals surface area (Å²) in [5, 5.41) is 7.85. The van der Waals surface area contributed by atoms with E-state index < -0.39 is 7.26 Å². The summed E-state index contributed by atoms with van der Waals surface area (Å²) in [5.74, 6) is -0.0338. The van der Waals surface area contributed by atoms with Gasteiger partial charge in [0.05, 0.1) is 22.9 Å². The normalized spacial score (nSPS) is 16.5. The second-order valence-electron chi connectivity index (χ2n) is 7.62. The molecule has 2 heterocycles. The van der Waals surface area contributed by atoms with Gasteiger partial charge in [-0.2, -0.15) is 0 Å². The summed E-state index contributed by atoms with van der Waals surface area (Å²) in [4.78, 5) is 37.9. The van der Waals surface area contributed by atoms with E-state index in [2.05, 4.69) is 10.6 Å². The minimum absolute atomic E-state index is 0.0317. The molecular formula is C21H32N2O3PS+. The van der Waals surface area contributed by atoms with Gasteiger partial charge in [-0.15, -0.1) is 11.3 Å². The maximum Gasteiger partial charge on any atom is 0.261 e. The van der Waals surface area contributed by atoms with Crippen molar-refractivity contribution in [2.45, 2.75) is 46.5 Å². The predicted octanol–water partition coefficient (Wildman–Crippen LogP) is 4.48. The Morgan fingerprint density at radius 2 is 1.75 bits per heavy atom. The van der Waals surface area contributed by atoms with Gasteiger partial charge in [0.15, 0.2) is 5.78 Å². The van der Waals surface area contributed by atoms with Gasteiger partial charge in [0.25, 0.3) is 11.8 Å². The minimum atomic E-state index is -1.70. The molecule has 0 aromatic carbocycles. The van der Waals surface area contributed by atoms with Crippen molar-refractivity contribution in [1.82, 2.24) is 5.32 Å². The van der Waals surface area contributed by atoms with E-state index in [1.165, 1.54) is 31.1 Å². The van der Waals surface area contributed by atoms with Crippen molar-refractivity contribution in [3.05, 3.63) is 28.0 Å². The van der Waals surface area contributed by atoms with Crippen molar-refractivity contribution in [3.8, 4) is 0 Å². The van der Waals surface area contributed by atoms with Crippen LogP contribution < -0.4 is 10.6 Å². The Morgan fingerprint density at radius 3 is 2.36 bits per heavy atom. The topological polar surface area (TPSA) is 75.3 Å². The largest absolute Gasteiger partial charge is 0.349 e.